The molecule has 0 aliphatic carbocycles. The number of aliphatic hydroxyl groups excluding tert-OH is 1. The molecule has 1 N–H and O–H groups in total. The van der Waals surface area contributed by atoms with Gasteiger partial charge in [-0.05, 0) is 36.8 Å². The van der Waals surface area contributed by atoms with Gasteiger partial charge in [0.2, 0.25) is 0 Å². The van der Waals surface area contributed by atoms with Gasteiger partial charge in [-0.1, -0.05) is 23.2 Å². The Balaban J connectivity index is 2.58. The van der Waals surface area contributed by atoms with Gasteiger partial charge in [0, 0.05) is 5.02 Å². The summed E-state index contributed by atoms with van der Waals surface area (Å²) in [4.78, 5) is 0. The summed E-state index contributed by atoms with van der Waals surface area (Å²) in [5.41, 5.74) is 0.861. The first-order valence-corrected chi connectivity index (χ1v) is 5.23. The van der Waals surface area contributed by atoms with E-state index in [0.717, 1.165) is 5.57 Å². The summed E-state index contributed by atoms with van der Waals surface area (Å²) < 4.78 is 5.39. The van der Waals surface area contributed by atoms with Crippen molar-refractivity contribution in [2.75, 3.05) is 13.2 Å². The van der Waals surface area contributed by atoms with Crippen molar-refractivity contribution in [2.24, 2.45) is 0 Å². The quantitative estimate of drug-likeness (QED) is 0.827. The molecule has 0 aromatic heterocycles. The molecular weight excluding hydrogens is 235 g/mol. The Morgan fingerprint density at radius 2 is 2.20 bits per heavy atom. The Bertz CT molecular complexity index is 362. The van der Waals surface area contributed by atoms with Crippen LogP contribution in [-0.2, 0) is 0 Å². The van der Waals surface area contributed by atoms with Gasteiger partial charge in [0.05, 0.1) is 11.6 Å². The predicted octanol–water partition coefficient (Wildman–Crippen LogP) is 3.31. The van der Waals surface area contributed by atoms with Crippen LogP contribution in [0.25, 0.3) is 0 Å². The molecule has 0 atom stereocenters. The monoisotopic (exact) mass is 246 g/mol. The third-order valence-corrected chi connectivity index (χ3v) is 2.34. The third-order valence-electron chi connectivity index (χ3n) is 1.81. The molecule has 0 saturated carbocycles. The highest BCUT2D eigenvalue weighted by Crippen LogP contribution is 2.27. The van der Waals surface area contributed by atoms with Crippen molar-refractivity contribution >= 4 is 23.2 Å². The van der Waals surface area contributed by atoms with Crippen molar-refractivity contribution in [3.05, 3.63) is 39.9 Å². The molecule has 0 heterocycles. The summed E-state index contributed by atoms with van der Waals surface area (Å²) in [5.74, 6) is 0.586. The highest BCUT2D eigenvalue weighted by atomic mass is 35.5. The standard InChI is InChI=1S/C11H12Cl2O2/c1-8(7-14)4-5-15-11-3-2-9(12)6-10(11)13/h2-4,6,14H,5,7H2,1H3. The lowest BCUT2D eigenvalue weighted by Crippen LogP contribution is -1.96. The molecule has 1 rings (SSSR count). The molecule has 0 radical (unpaired) electrons. The minimum absolute atomic E-state index is 0.0394. The van der Waals surface area contributed by atoms with Crippen molar-refractivity contribution in [1.29, 1.82) is 0 Å². The van der Waals surface area contributed by atoms with Crippen LogP contribution < -0.4 is 4.74 Å². The normalized spacial score (nSPS) is 11.6. The zero-order chi connectivity index (χ0) is 11.3. The molecule has 2 nitrogen and oxygen atoms in total. The number of aliphatic hydroxyl groups is 1. The first-order chi connectivity index (χ1) is 7.13. The summed E-state index contributed by atoms with van der Waals surface area (Å²) in [6.45, 7) is 2.25. The van der Waals surface area contributed by atoms with Crippen LogP contribution in [0.4, 0.5) is 0 Å². The van der Waals surface area contributed by atoms with Crippen LogP contribution in [-0.4, -0.2) is 18.3 Å². The Morgan fingerprint density at radius 1 is 1.47 bits per heavy atom. The van der Waals surface area contributed by atoms with Crippen molar-refractivity contribution in [1.82, 2.24) is 0 Å². The SMILES string of the molecule is CC(=CCOc1ccc(Cl)cc1Cl)CO. The van der Waals surface area contributed by atoms with Crippen molar-refractivity contribution in [3.8, 4) is 5.75 Å². The van der Waals surface area contributed by atoms with Crippen molar-refractivity contribution < 1.29 is 9.84 Å². The van der Waals surface area contributed by atoms with E-state index >= 15 is 0 Å². The Labute approximate surface area is 99.1 Å². The molecule has 0 aliphatic rings. The van der Waals surface area contributed by atoms with E-state index < -0.39 is 0 Å². The van der Waals surface area contributed by atoms with Gasteiger partial charge in [-0.25, -0.2) is 0 Å². The fourth-order valence-corrected chi connectivity index (χ4v) is 1.39. The summed E-state index contributed by atoms with van der Waals surface area (Å²) >= 11 is 11.6. The number of hydrogen-bond donors (Lipinski definition) is 1. The van der Waals surface area contributed by atoms with Gasteiger partial charge in [0.25, 0.3) is 0 Å². The molecule has 0 aliphatic heterocycles. The van der Waals surface area contributed by atoms with E-state index in [4.69, 9.17) is 33.0 Å². The van der Waals surface area contributed by atoms with Gasteiger partial charge in [0.1, 0.15) is 12.4 Å². The van der Waals surface area contributed by atoms with E-state index in [9.17, 15) is 0 Å². The van der Waals surface area contributed by atoms with Gasteiger partial charge in [-0.3, -0.25) is 0 Å². The zero-order valence-corrected chi connectivity index (χ0v) is 9.85. The van der Waals surface area contributed by atoms with Gasteiger partial charge in [-0.15, -0.1) is 0 Å². The van der Waals surface area contributed by atoms with Crippen LogP contribution in [0.1, 0.15) is 6.92 Å². The molecule has 0 bridgehead atoms. The Hall–Kier alpha value is -0.700. The van der Waals surface area contributed by atoms with E-state index in [1.54, 1.807) is 24.3 Å². The van der Waals surface area contributed by atoms with E-state index in [0.29, 0.717) is 22.4 Å². The maximum atomic E-state index is 8.76. The average Bonchev–Trinajstić information content (AvgIpc) is 2.21. The lowest BCUT2D eigenvalue weighted by molar-refractivity contribution is 0.325. The molecule has 82 valence electrons. The van der Waals surface area contributed by atoms with Crippen LogP contribution in [0, 0.1) is 0 Å². The number of ether oxygens (including phenoxy) is 1. The Kier molecular flexibility index (Phi) is 4.95. The topological polar surface area (TPSA) is 29.5 Å². The van der Waals surface area contributed by atoms with Crippen LogP contribution >= 0.6 is 23.2 Å². The molecule has 4 heteroatoms. The smallest absolute Gasteiger partial charge is 0.138 e. The number of hydrogen-bond acceptors (Lipinski definition) is 2. The first-order valence-electron chi connectivity index (χ1n) is 4.48. The minimum Gasteiger partial charge on any atom is -0.488 e. The molecule has 15 heavy (non-hydrogen) atoms. The maximum Gasteiger partial charge on any atom is 0.138 e. The number of benzene rings is 1. The highest BCUT2D eigenvalue weighted by molar-refractivity contribution is 6.35. The molecule has 0 unspecified atom stereocenters. The maximum absolute atomic E-state index is 8.76. The Morgan fingerprint density at radius 3 is 2.80 bits per heavy atom. The van der Waals surface area contributed by atoms with Crippen LogP contribution in [0.5, 0.6) is 5.75 Å². The predicted molar refractivity (Wildman–Crippen MR) is 62.8 cm³/mol. The van der Waals surface area contributed by atoms with Crippen LogP contribution in [0.3, 0.4) is 0 Å². The van der Waals surface area contributed by atoms with Gasteiger partial charge >= 0.3 is 0 Å². The number of halogens is 2. The summed E-state index contributed by atoms with van der Waals surface area (Å²) in [5, 5.41) is 9.82. The lowest BCUT2D eigenvalue weighted by atomic mass is 10.3. The summed E-state index contributed by atoms with van der Waals surface area (Å²) in [6.07, 6.45) is 1.80. The highest BCUT2D eigenvalue weighted by Gasteiger charge is 2.00. The second-order valence-electron chi connectivity index (χ2n) is 3.09. The largest absolute Gasteiger partial charge is 0.488 e. The van der Waals surface area contributed by atoms with Gasteiger partial charge in [0.15, 0.2) is 0 Å². The van der Waals surface area contributed by atoms with E-state index in [2.05, 4.69) is 0 Å². The van der Waals surface area contributed by atoms with Gasteiger partial charge in [-0.2, -0.15) is 0 Å². The second kappa shape index (κ2) is 6.01. The molecular formula is C11H12Cl2O2. The lowest BCUT2D eigenvalue weighted by Gasteiger charge is -2.06. The fourth-order valence-electron chi connectivity index (χ4n) is 0.931. The molecule has 0 fully saturated rings. The van der Waals surface area contributed by atoms with E-state index in [-0.39, 0.29) is 6.61 Å². The zero-order valence-electron chi connectivity index (χ0n) is 8.34. The van der Waals surface area contributed by atoms with Crippen LogP contribution in [0.2, 0.25) is 10.0 Å². The molecule has 1 aromatic rings. The molecule has 0 saturated heterocycles. The van der Waals surface area contributed by atoms with Gasteiger partial charge < -0.3 is 9.84 Å². The van der Waals surface area contributed by atoms with Crippen molar-refractivity contribution in [2.45, 2.75) is 6.92 Å². The van der Waals surface area contributed by atoms with E-state index in [1.165, 1.54) is 0 Å². The number of rotatable bonds is 4. The second-order valence-corrected chi connectivity index (χ2v) is 3.94. The van der Waals surface area contributed by atoms with Crippen LogP contribution in [0.15, 0.2) is 29.8 Å². The molecule has 0 spiro atoms. The first kappa shape index (κ1) is 12.4. The molecule has 0 amide bonds. The third kappa shape index (κ3) is 4.12. The van der Waals surface area contributed by atoms with Crippen molar-refractivity contribution in [3.63, 3.8) is 0 Å². The summed E-state index contributed by atoms with van der Waals surface area (Å²) in [6, 6.07) is 5.05. The van der Waals surface area contributed by atoms with E-state index in [1.807, 2.05) is 6.92 Å². The average molecular weight is 247 g/mol. The fraction of sp³-hybridized carbons (Fsp3) is 0.273. The molecule has 1 aromatic carbocycles. The summed E-state index contributed by atoms with van der Waals surface area (Å²) in [7, 11) is 0. The minimum atomic E-state index is 0.0394.